The maximum absolute atomic E-state index is 12.2. The molecule has 2 rings (SSSR count). The van der Waals surface area contributed by atoms with E-state index in [0.717, 1.165) is 38.2 Å². The maximum atomic E-state index is 12.2. The van der Waals surface area contributed by atoms with Crippen LogP contribution < -0.4 is 15.8 Å². The number of nitrogens with zero attached hydrogens (tertiary/aromatic N) is 1. The van der Waals surface area contributed by atoms with Crippen LogP contribution in [0, 0.1) is 11.8 Å². The van der Waals surface area contributed by atoms with Gasteiger partial charge in [0.15, 0.2) is 5.75 Å². The molecule has 1 aliphatic heterocycles. The summed E-state index contributed by atoms with van der Waals surface area (Å²) in [5, 5.41) is 3.42. The summed E-state index contributed by atoms with van der Waals surface area (Å²) in [5.74, 6) is 1.17. The molecule has 0 aromatic heterocycles. The monoisotopic (exact) mass is 375 g/mol. The van der Waals surface area contributed by atoms with E-state index in [4.69, 9.17) is 10.5 Å². The molecule has 0 radical (unpaired) electrons. The van der Waals surface area contributed by atoms with Gasteiger partial charge in [0.1, 0.15) is 0 Å². The second-order valence-corrected chi connectivity index (χ2v) is 8.02. The summed E-state index contributed by atoms with van der Waals surface area (Å²) >= 11 is 0. The van der Waals surface area contributed by atoms with E-state index in [-0.39, 0.29) is 12.0 Å². The van der Waals surface area contributed by atoms with Gasteiger partial charge in [-0.2, -0.15) is 0 Å². The van der Waals surface area contributed by atoms with E-state index in [9.17, 15) is 9.59 Å². The van der Waals surface area contributed by atoms with Crippen molar-refractivity contribution in [1.29, 1.82) is 0 Å². The zero-order chi connectivity index (χ0) is 20.0. The normalized spacial score (nSPS) is 15.3. The minimum atomic E-state index is -0.494. The predicted octanol–water partition coefficient (Wildman–Crippen LogP) is 3.27. The van der Waals surface area contributed by atoms with E-state index >= 15 is 0 Å². The molecule has 0 bridgehead atoms. The molecule has 0 aliphatic carbocycles. The lowest BCUT2D eigenvalue weighted by atomic mass is 9.96. The standard InChI is InChI=1S/C21H33N3O3/c1-14(2)12-19(25)24-10-8-16(9-11-24)13-23-18-7-5-6-17(21(22)26)20(18)27-15(3)4/h5-7,14-16,23H,8-13H2,1-4H3,(H2,22,26). The van der Waals surface area contributed by atoms with Gasteiger partial charge in [-0.1, -0.05) is 19.9 Å². The number of benzene rings is 1. The van der Waals surface area contributed by atoms with Crippen molar-refractivity contribution in [2.75, 3.05) is 25.0 Å². The number of anilines is 1. The molecule has 1 heterocycles. The largest absolute Gasteiger partial charge is 0.488 e. The lowest BCUT2D eigenvalue weighted by molar-refractivity contribution is -0.133. The predicted molar refractivity (Wildman–Crippen MR) is 108 cm³/mol. The van der Waals surface area contributed by atoms with Crippen molar-refractivity contribution >= 4 is 17.5 Å². The third kappa shape index (κ3) is 6.15. The van der Waals surface area contributed by atoms with Gasteiger partial charge in [0.2, 0.25) is 5.91 Å². The van der Waals surface area contributed by atoms with Gasteiger partial charge >= 0.3 is 0 Å². The molecule has 1 aromatic carbocycles. The van der Waals surface area contributed by atoms with Gasteiger partial charge in [-0.25, -0.2) is 0 Å². The summed E-state index contributed by atoms with van der Waals surface area (Å²) < 4.78 is 5.85. The van der Waals surface area contributed by atoms with Crippen LogP contribution in [0.1, 0.15) is 57.3 Å². The summed E-state index contributed by atoms with van der Waals surface area (Å²) in [5.41, 5.74) is 6.67. The number of para-hydroxylation sites is 1. The van der Waals surface area contributed by atoms with Crippen LogP contribution >= 0.6 is 0 Å². The zero-order valence-corrected chi connectivity index (χ0v) is 17.0. The Labute approximate surface area is 162 Å². The quantitative estimate of drug-likeness (QED) is 0.730. The molecule has 3 N–H and O–H groups in total. The average Bonchev–Trinajstić information content (AvgIpc) is 2.60. The number of likely N-dealkylation sites (tertiary alicyclic amines) is 1. The highest BCUT2D eigenvalue weighted by atomic mass is 16.5. The van der Waals surface area contributed by atoms with Crippen LogP contribution in [0.15, 0.2) is 18.2 Å². The summed E-state index contributed by atoms with van der Waals surface area (Å²) in [4.78, 5) is 25.9. The number of hydrogen-bond acceptors (Lipinski definition) is 4. The molecule has 1 aromatic rings. The first kappa shape index (κ1) is 21.1. The third-order valence-electron chi connectivity index (χ3n) is 4.77. The van der Waals surface area contributed by atoms with Gasteiger partial charge in [-0.05, 0) is 50.7 Å². The van der Waals surface area contributed by atoms with Crippen molar-refractivity contribution in [2.24, 2.45) is 17.6 Å². The maximum Gasteiger partial charge on any atom is 0.252 e. The van der Waals surface area contributed by atoms with E-state index < -0.39 is 5.91 Å². The molecule has 1 saturated heterocycles. The van der Waals surface area contributed by atoms with Gasteiger partial charge in [-0.3, -0.25) is 9.59 Å². The van der Waals surface area contributed by atoms with E-state index in [1.165, 1.54) is 0 Å². The smallest absolute Gasteiger partial charge is 0.252 e. The molecule has 2 amide bonds. The molecule has 0 saturated carbocycles. The summed E-state index contributed by atoms with van der Waals surface area (Å²) in [7, 11) is 0. The van der Waals surface area contributed by atoms with E-state index in [1.807, 2.05) is 30.9 Å². The Balaban J connectivity index is 1.95. The first-order valence-electron chi connectivity index (χ1n) is 9.89. The number of amides is 2. The Hall–Kier alpha value is -2.24. The summed E-state index contributed by atoms with van der Waals surface area (Å²) in [6.45, 7) is 10.4. The Morgan fingerprint density at radius 3 is 2.44 bits per heavy atom. The minimum Gasteiger partial charge on any atom is -0.488 e. The van der Waals surface area contributed by atoms with Crippen molar-refractivity contribution in [3.05, 3.63) is 23.8 Å². The van der Waals surface area contributed by atoms with Crippen molar-refractivity contribution < 1.29 is 14.3 Å². The van der Waals surface area contributed by atoms with E-state index in [2.05, 4.69) is 19.2 Å². The third-order valence-corrected chi connectivity index (χ3v) is 4.77. The van der Waals surface area contributed by atoms with Gasteiger partial charge in [0, 0.05) is 26.1 Å². The second-order valence-electron chi connectivity index (χ2n) is 8.02. The number of piperidine rings is 1. The zero-order valence-electron chi connectivity index (χ0n) is 17.0. The van der Waals surface area contributed by atoms with Gasteiger partial charge in [0.25, 0.3) is 5.91 Å². The highest BCUT2D eigenvalue weighted by molar-refractivity contribution is 5.97. The molecule has 1 aliphatic rings. The molecule has 0 atom stereocenters. The van der Waals surface area contributed by atoms with Crippen molar-refractivity contribution in [3.8, 4) is 5.75 Å². The van der Waals surface area contributed by atoms with Gasteiger partial charge in [0.05, 0.1) is 17.4 Å². The number of primary amides is 1. The Bertz CT molecular complexity index is 650. The first-order valence-corrected chi connectivity index (χ1v) is 9.89. The van der Waals surface area contributed by atoms with Crippen molar-refractivity contribution in [3.63, 3.8) is 0 Å². The average molecular weight is 376 g/mol. The number of carbonyl (C=O) groups excluding carboxylic acids is 2. The van der Waals surface area contributed by atoms with Crippen LogP contribution in [-0.4, -0.2) is 42.5 Å². The number of rotatable bonds is 8. The lowest BCUT2D eigenvalue weighted by Crippen LogP contribution is -2.40. The number of hydrogen-bond donors (Lipinski definition) is 2. The molecule has 150 valence electrons. The fraction of sp³-hybridized carbons (Fsp3) is 0.619. The molecule has 6 nitrogen and oxygen atoms in total. The topological polar surface area (TPSA) is 84.7 Å². The fourth-order valence-electron chi connectivity index (χ4n) is 3.35. The SMILES string of the molecule is CC(C)CC(=O)N1CCC(CNc2cccc(C(N)=O)c2OC(C)C)CC1. The molecule has 1 fully saturated rings. The fourth-order valence-corrected chi connectivity index (χ4v) is 3.35. The van der Waals surface area contributed by atoms with Gasteiger partial charge < -0.3 is 20.7 Å². The Kier molecular flexibility index (Phi) is 7.51. The Morgan fingerprint density at radius 2 is 1.89 bits per heavy atom. The van der Waals surface area contributed by atoms with Crippen LogP contribution in [0.2, 0.25) is 0 Å². The van der Waals surface area contributed by atoms with E-state index in [1.54, 1.807) is 6.07 Å². The minimum absolute atomic E-state index is 0.0544. The second kappa shape index (κ2) is 9.62. The number of carbonyl (C=O) groups is 2. The molecular formula is C21H33N3O3. The van der Waals surface area contributed by atoms with Crippen LogP contribution in [-0.2, 0) is 4.79 Å². The highest BCUT2D eigenvalue weighted by Crippen LogP contribution is 2.31. The number of ether oxygens (including phenoxy) is 1. The molecule has 0 unspecified atom stereocenters. The lowest BCUT2D eigenvalue weighted by Gasteiger charge is -2.33. The van der Waals surface area contributed by atoms with Crippen molar-refractivity contribution in [1.82, 2.24) is 4.90 Å². The first-order chi connectivity index (χ1) is 12.8. The van der Waals surface area contributed by atoms with Crippen LogP contribution in [0.4, 0.5) is 5.69 Å². The summed E-state index contributed by atoms with van der Waals surface area (Å²) in [6, 6.07) is 5.40. The molecule has 6 heteroatoms. The van der Waals surface area contributed by atoms with Crippen LogP contribution in [0.5, 0.6) is 5.75 Å². The summed E-state index contributed by atoms with van der Waals surface area (Å²) in [6.07, 6.45) is 2.53. The van der Waals surface area contributed by atoms with Crippen molar-refractivity contribution in [2.45, 2.75) is 53.1 Å². The Morgan fingerprint density at radius 1 is 1.22 bits per heavy atom. The van der Waals surface area contributed by atoms with Crippen LogP contribution in [0.25, 0.3) is 0 Å². The highest BCUT2D eigenvalue weighted by Gasteiger charge is 2.23. The molecule has 27 heavy (non-hydrogen) atoms. The van der Waals surface area contributed by atoms with Crippen LogP contribution in [0.3, 0.4) is 0 Å². The molecular weight excluding hydrogens is 342 g/mol. The molecule has 0 spiro atoms. The number of nitrogens with one attached hydrogen (secondary N) is 1. The van der Waals surface area contributed by atoms with E-state index in [0.29, 0.717) is 29.6 Å². The number of nitrogens with two attached hydrogens (primary N) is 1. The van der Waals surface area contributed by atoms with Gasteiger partial charge in [-0.15, -0.1) is 0 Å².